The summed E-state index contributed by atoms with van der Waals surface area (Å²) in [5.41, 5.74) is 3.23. The molecule has 1 aliphatic rings. The van der Waals surface area contributed by atoms with E-state index in [1.807, 2.05) is 38.1 Å². The fraction of sp³-hybridized carbons (Fsp3) is 0.524. The van der Waals surface area contributed by atoms with Crippen LogP contribution in [0, 0.1) is 13.8 Å². The Morgan fingerprint density at radius 1 is 1.15 bits per heavy atom. The summed E-state index contributed by atoms with van der Waals surface area (Å²) in [6, 6.07) is 7.64. The second-order valence-electron chi connectivity index (χ2n) is 8.91. The Morgan fingerprint density at radius 3 is 2.19 bits per heavy atom. The van der Waals surface area contributed by atoms with E-state index in [0.717, 1.165) is 29.9 Å². The normalized spacial score (nSPS) is 19.1. The van der Waals surface area contributed by atoms with Gasteiger partial charge >= 0.3 is 0 Å². The standard InChI is InChI=1S/C21H29ClN4O/c1-13-18(22)14(2)26(24-13)17-9-7-15(8-10-17)19(27)23-16-11-20(3,4)25-21(5,6)12-16/h7-10,16,25H,11-12H2,1-6H3,(H,23,27). The third kappa shape index (κ3) is 4.36. The maximum atomic E-state index is 12.7. The first kappa shape index (κ1) is 19.9. The maximum Gasteiger partial charge on any atom is 0.251 e. The minimum Gasteiger partial charge on any atom is -0.349 e. The van der Waals surface area contributed by atoms with Gasteiger partial charge in [0.15, 0.2) is 0 Å². The molecule has 1 fully saturated rings. The largest absolute Gasteiger partial charge is 0.349 e. The lowest BCUT2D eigenvalue weighted by molar-refractivity contribution is 0.0873. The third-order valence-corrected chi connectivity index (χ3v) is 5.65. The van der Waals surface area contributed by atoms with Gasteiger partial charge in [0.1, 0.15) is 0 Å². The number of halogens is 1. The van der Waals surface area contributed by atoms with Crippen molar-refractivity contribution in [1.82, 2.24) is 20.4 Å². The number of aromatic nitrogens is 2. The molecule has 2 heterocycles. The molecule has 2 N–H and O–H groups in total. The van der Waals surface area contributed by atoms with Crippen LogP contribution in [0.2, 0.25) is 5.02 Å². The topological polar surface area (TPSA) is 59.0 Å². The van der Waals surface area contributed by atoms with E-state index in [2.05, 4.69) is 43.4 Å². The van der Waals surface area contributed by atoms with Crippen molar-refractivity contribution < 1.29 is 4.79 Å². The van der Waals surface area contributed by atoms with Crippen molar-refractivity contribution >= 4 is 17.5 Å². The summed E-state index contributed by atoms with van der Waals surface area (Å²) >= 11 is 6.23. The van der Waals surface area contributed by atoms with Crippen LogP contribution >= 0.6 is 11.6 Å². The van der Waals surface area contributed by atoms with Gasteiger partial charge in [0.2, 0.25) is 0 Å². The lowest BCUT2D eigenvalue weighted by atomic mass is 9.79. The fourth-order valence-electron chi connectivity index (χ4n) is 4.32. The summed E-state index contributed by atoms with van der Waals surface area (Å²) in [5.74, 6) is -0.0357. The van der Waals surface area contributed by atoms with E-state index < -0.39 is 0 Å². The van der Waals surface area contributed by atoms with Crippen LogP contribution in [0.25, 0.3) is 5.69 Å². The molecule has 6 heteroatoms. The Labute approximate surface area is 166 Å². The van der Waals surface area contributed by atoms with Crippen molar-refractivity contribution in [2.24, 2.45) is 0 Å². The van der Waals surface area contributed by atoms with Crippen molar-refractivity contribution in [3.05, 3.63) is 46.2 Å². The Bertz CT molecular complexity index is 836. The second kappa shape index (κ2) is 6.95. The minimum atomic E-state index is -0.0357. The van der Waals surface area contributed by atoms with Crippen LogP contribution in [-0.2, 0) is 0 Å². The number of amides is 1. The monoisotopic (exact) mass is 388 g/mol. The molecule has 1 aliphatic heterocycles. The number of piperidine rings is 1. The van der Waals surface area contributed by atoms with Gasteiger partial charge in [-0.3, -0.25) is 4.79 Å². The fourth-order valence-corrected chi connectivity index (χ4v) is 4.44. The molecule has 0 spiro atoms. The first-order valence-electron chi connectivity index (χ1n) is 9.40. The van der Waals surface area contributed by atoms with E-state index in [9.17, 15) is 4.79 Å². The highest BCUT2D eigenvalue weighted by Gasteiger charge is 2.38. The average molecular weight is 389 g/mol. The van der Waals surface area contributed by atoms with Crippen molar-refractivity contribution in [3.8, 4) is 5.69 Å². The van der Waals surface area contributed by atoms with Gasteiger partial charge in [-0.25, -0.2) is 4.68 Å². The number of hydrogen-bond acceptors (Lipinski definition) is 3. The molecule has 0 saturated carbocycles. The van der Waals surface area contributed by atoms with Crippen LogP contribution in [0.1, 0.15) is 62.3 Å². The molecule has 0 aliphatic carbocycles. The smallest absolute Gasteiger partial charge is 0.251 e. The number of aryl methyl sites for hydroxylation is 1. The van der Waals surface area contributed by atoms with Gasteiger partial charge in [-0.2, -0.15) is 5.10 Å². The zero-order valence-electron chi connectivity index (χ0n) is 17.0. The molecule has 0 radical (unpaired) electrons. The van der Waals surface area contributed by atoms with Crippen molar-refractivity contribution in [3.63, 3.8) is 0 Å². The summed E-state index contributed by atoms with van der Waals surface area (Å²) in [4.78, 5) is 12.7. The van der Waals surface area contributed by atoms with Crippen molar-refractivity contribution in [2.75, 3.05) is 0 Å². The lowest BCUT2D eigenvalue weighted by Gasteiger charge is -2.46. The number of nitrogens with one attached hydrogen (secondary N) is 2. The Morgan fingerprint density at radius 2 is 1.70 bits per heavy atom. The molecule has 0 unspecified atom stereocenters. The molecule has 2 aromatic rings. The Hall–Kier alpha value is -1.85. The highest BCUT2D eigenvalue weighted by Crippen LogP contribution is 2.29. The number of rotatable bonds is 3. The van der Waals surface area contributed by atoms with Crippen LogP contribution < -0.4 is 10.6 Å². The van der Waals surface area contributed by atoms with Gasteiger partial charge in [-0.15, -0.1) is 0 Å². The molecule has 1 aromatic heterocycles. The van der Waals surface area contributed by atoms with E-state index in [4.69, 9.17) is 11.6 Å². The quantitative estimate of drug-likeness (QED) is 0.829. The average Bonchev–Trinajstić information content (AvgIpc) is 2.79. The zero-order chi connectivity index (χ0) is 20.0. The molecule has 3 rings (SSSR count). The Balaban J connectivity index is 1.73. The van der Waals surface area contributed by atoms with E-state index in [0.29, 0.717) is 10.6 Å². The van der Waals surface area contributed by atoms with Gasteiger partial charge < -0.3 is 10.6 Å². The van der Waals surface area contributed by atoms with Crippen molar-refractivity contribution in [2.45, 2.75) is 71.5 Å². The summed E-state index contributed by atoms with van der Waals surface area (Å²) < 4.78 is 1.80. The number of nitrogens with zero attached hydrogens (tertiary/aromatic N) is 2. The molecule has 1 amide bonds. The number of hydrogen-bond donors (Lipinski definition) is 2. The van der Waals surface area contributed by atoms with Gasteiger partial charge in [0.05, 0.1) is 22.1 Å². The maximum absolute atomic E-state index is 12.7. The second-order valence-corrected chi connectivity index (χ2v) is 9.29. The van der Waals surface area contributed by atoms with Crippen LogP contribution in [0.15, 0.2) is 24.3 Å². The van der Waals surface area contributed by atoms with Crippen molar-refractivity contribution in [1.29, 1.82) is 0 Å². The molecule has 1 saturated heterocycles. The highest BCUT2D eigenvalue weighted by atomic mass is 35.5. The van der Waals surface area contributed by atoms with Gasteiger partial charge in [-0.1, -0.05) is 11.6 Å². The minimum absolute atomic E-state index is 0.00169. The predicted octanol–water partition coefficient (Wildman–Crippen LogP) is 4.18. The summed E-state index contributed by atoms with van der Waals surface area (Å²) in [5, 5.41) is 12.0. The number of carbonyl (C=O) groups excluding carboxylic acids is 1. The van der Waals surface area contributed by atoms with Crippen LogP contribution in [0.3, 0.4) is 0 Å². The van der Waals surface area contributed by atoms with E-state index in [1.165, 1.54) is 0 Å². The van der Waals surface area contributed by atoms with Gasteiger partial charge in [-0.05, 0) is 78.6 Å². The lowest BCUT2D eigenvalue weighted by Crippen LogP contribution is -2.62. The van der Waals surface area contributed by atoms with E-state index in [-0.39, 0.29) is 23.0 Å². The molecule has 5 nitrogen and oxygen atoms in total. The molecule has 146 valence electrons. The third-order valence-electron chi connectivity index (χ3n) is 5.10. The van der Waals surface area contributed by atoms with Gasteiger partial charge in [0.25, 0.3) is 5.91 Å². The van der Waals surface area contributed by atoms with Gasteiger partial charge in [0, 0.05) is 22.7 Å². The molecule has 0 atom stereocenters. The van der Waals surface area contributed by atoms with Crippen LogP contribution in [0.4, 0.5) is 0 Å². The van der Waals surface area contributed by atoms with Crippen LogP contribution in [0.5, 0.6) is 0 Å². The number of benzene rings is 1. The predicted molar refractivity (Wildman–Crippen MR) is 110 cm³/mol. The highest BCUT2D eigenvalue weighted by molar-refractivity contribution is 6.31. The molecular weight excluding hydrogens is 360 g/mol. The van der Waals surface area contributed by atoms with E-state index in [1.54, 1.807) is 4.68 Å². The first-order valence-corrected chi connectivity index (χ1v) is 9.78. The van der Waals surface area contributed by atoms with Crippen LogP contribution in [-0.4, -0.2) is 32.8 Å². The zero-order valence-corrected chi connectivity index (χ0v) is 17.7. The summed E-state index contributed by atoms with van der Waals surface area (Å²) in [6.07, 6.45) is 1.81. The molecular formula is C21H29ClN4O. The first-order chi connectivity index (χ1) is 12.5. The molecule has 1 aromatic carbocycles. The Kier molecular flexibility index (Phi) is 5.12. The SMILES string of the molecule is Cc1nn(-c2ccc(C(=O)NC3CC(C)(C)NC(C)(C)C3)cc2)c(C)c1Cl. The summed E-state index contributed by atoms with van der Waals surface area (Å²) in [7, 11) is 0. The molecule has 0 bridgehead atoms. The van der Waals surface area contributed by atoms with E-state index >= 15 is 0 Å². The molecule has 27 heavy (non-hydrogen) atoms. The number of carbonyl (C=O) groups is 1. The summed E-state index contributed by atoms with van der Waals surface area (Å²) in [6.45, 7) is 12.5.